The molecule has 1 N–H and O–H groups in total. The summed E-state index contributed by atoms with van der Waals surface area (Å²) in [6.07, 6.45) is 0. The molecule has 0 bridgehead atoms. The van der Waals surface area contributed by atoms with Crippen molar-refractivity contribution in [3.05, 3.63) is 77.9 Å². The van der Waals surface area contributed by atoms with Crippen molar-refractivity contribution in [2.45, 2.75) is 0 Å². The molecule has 0 saturated carbocycles. The normalized spacial score (nSPS) is 10.5. The fourth-order valence-corrected chi connectivity index (χ4v) is 3.31. The zero-order valence-electron chi connectivity index (χ0n) is 16.0. The van der Waals surface area contributed by atoms with E-state index in [-0.39, 0.29) is 5.91 Å². The highest BCUT2D eigenvalue weighted by molar-refractivity contribution is 6.06. The Morgan fingerprint density at radius 1 is 1.10 bits per heavy atom. The molecule has 1 heterocycles. The SMILES string of the molecule is COc1ccccc1C(=O)Nc1ccc2nc(-c3ccccc3C#N)n(C)c2c1. The Bertz CT molecular complexity index is 1270. The van der Waals surface area contributed by atoms with Crippen LogP contribution in [0.15, 0.2) is 66.7 Å². The van der Waals surface area contributed by atoms with Crippen molar-refractivity contribution in [1.29, 1.82) is 5.26 Å². The number of carbonyl (C=O) groups excluding carboxylic acids is 1. The molecule has 6 nitrogen and oxygen atoms in total. The average molecular weight is 382 g/mol. The number of hydrogen-bond acceptors (Lipinski definition) is 4. The van der Waals surface area contributed by atoms with Gasteiger partial charge in [-0.2, -0.15) is 5.26 Å². The quantitative estimate of drug-likeness (QED) is 0.568. The molecule has 4 aromatic rings. The van der Waals surface area contributed by atoms with Gasteiger partial charge in [-0.3, -0.25) is 4.79 Å². The predicted molar refractivity (Wildman–Crippen MR) is 112 cm³/mol. The molecule has 29 heavy (non-hydrogen) atoms. The number of benzene rings is 3. The first-order valence-corrected chi connectivity index (χ1v) is 9.02. The lowest BCUT2D eigenvalue weighted by molar-refractivity contribution is 0.102. The molecule has 1 amide bonds. The third-order valence-electron chi connectivity index (χ3n) is 4.78. The number of rotatable bonds is 4. The van der Waals surface area contributed by atoms with Crippen LogP contribution in [0, 0.1) is 11.3 Å². The first kappa shape index (κ1) is 18.3. The van der Waals surface area contributed by atoms with Crippen LogP contribution in [0.3, 0.4) is 0 Å². The number of nitrogens with zero attached hydrogens (tertiary/aromatic N) is 3. The summed E-state index contributed by atoms with van der Waals surface area (Å²) < 4.78 is 7.19. The second kappa shape index (κ2) is 7.49. The minimum atomic E-state index is -0.251. The van der Waals surface area contributed by atoms with E-state index in [0.29, 0.717) is 28.4 Å². The molecular formula is C23H18N4O2. The number of anilines is 1. The molecule has 1 aromatic heterocycles. The highest BCUT2D eigenvalue weighted by atomic mass is 16.5. The van der Waals surface area contributed by atoms with Crippen LogP contribution in [0.4, 0.5) is 5.69 Å². The third kappa shape index (κ3) is 3.30. The van der Waals surface area contributed by atoms with Crippen molar-refractivity contribution in [3.8, 4) is 23.2 Å². The van der Waals surface area contributed by atoms with Gasteiger partial charge in [-0.05, 0) is 42.5 Å². The molecule has 0 unspecified atom stereocenters. The monoisotopic (exact) mass is 382 g/mol. The van der Waals surface area contributed by atoms with Crippen molar-refractivity contribution in [3.63, 3.8) is 0 Å². The van der Waals surface area contributed by atoms with Crippen LogP contribution in [0.1, 0.15) is 15.9 Å². The van der Waals surface area contributed by atoms with Crippen molar-refractivity contribution in [2.75, 3.05) is 12.4 Å². The van der Waals surface area contributed by atoms with E-state index in [1.807, 2.05) is 54.1 Å². The Kier molecular flexibility index (Phi) is 4.71. The summed E-state index contributed by atoms with van der Waals surface area (Å²) in [5.74, 6) is 0.964. The molecule has 0 radical (unpaired) electrons. The highest BCUT2D eigenvalue weighted by Crippen LogP contribution is 2.28. The summed E-state index contributed by atoms with van der Waals surface area (Å²) >= 11 is 0. The number of aryl methyl sites for hydroxylation is 1. The zero-order valence-corrected chi connectivity index (χ0v) is 16.0. The van der Waals surface area contributed by atoms with E-state index in [0.717, 1.165) is 16.6 Å². The number of para-hydroxylation sites is 1. The van der Waals surface area contributed by atoms with Gasteiger partial charge in [0.25, 0.3) is 5.91 Å². The number of nitriles is 1. The maximum atomic E-state index is 12.7. The summed E-state index contributed by atoms with van der Waals surface area (Å²) in [6.45, 7) is 0. The lowest BCUT2D eigenvalue weighted by Gasteiger charge is -2.09. The second-order valence-electron chi connectivity index (χ2n) is 6.51. The summed E-state index contributed by atoms with van der Waals surface area (Å²) in [5, 5.41) is 12.3. The Balaban J connectivity index is 1.71. The van der Waals surface area contributed by atoms with Gasteiger partial charge in [0.1, 0.15) is 11.6 Å². The molecule has 0 aliphatic carbocycles. The summed E-state index contributed by atoms with van der Waals surface area (Å²) in [5.41, 5.74) is 4.08. The fourth-order valence-electron chi connectivity index (χ4n) is 3.31. The van der Waals surface area contributed by atoms with Crippen LogP contribution in [0.25, 0.3) is 22.4 Å². The molecular weight excluding hydrogens is 364 g/mol. The van der Waals surface area contributed by atoms with Gasteiger partial charge >= 0.3 is 0 Å². The van der Waals surface area contributed by atoms with Crippen LogP contribution >= 0.6 is 0 Å². The molecule has 0 aliphatic heterocycles. The smallest absolute Gasteiger partial charge is 0.259 e. The topological polar surface area (TPSA) is 79.9 Å². The Labute approximate surface area is 168 Å². The van der Waals surface area contributed by atoms with Gasteiger partial charge in [-0.1, -0.05) is 24.3 Å². The minimum Gasteiger partial charge on any atom is -0.496 e. The number of fused-ring (bicyclic) bond motifs is 1. The van der Waals surface area contributed by atoms with E-state index in [1.165, 1.54) is 7.11 Å². The van der Waals surface area contributed by atoms with Crippen molar-refractivity contribution < 1.29 is 9.53 Å². The van der Waals surface area contributed by atoms with Crippen molar-refractivity contribution >= 4 is 22.6 Å². The molecule has 0 fully saturated rings. The number of methoxy groups -OCH3 is 1. The molecule has 142 valence electrons. The Morgan fingerprint density at radius 2 is 1.86 bits per heavy atom. The zero-order chi connectivity index (χ0) is 20.4. The first-order valence-electron chi connectivity index (χ1n) is 9.02. The molecule has 4 rings (SSSR count). The Morgan fingerprint density at radius 3 is 2.66 bits per heavy atom. The van der Waals surface area contributed by atoms with Gasteiger partial charge < -0.3 is 14.6 Å². The van der Waals surface area contributed by atoms with Crippen molar-refractivity contribution in [1.82, 2.24) is 9.55 Å². The van der Waals surface area contributed by atoms with Gasteiger partial charge in [-0.25, -0.2) is 4.98 Å². The first-order chi connectivity index (χ1) is 14.1. The van der Waals surface area contributed by atoms with Crippen LogP contribution in [0.2, 0.25) is 0 Å². The fraction of sp³-hybridized carbons (Fsp3) is 0.0870. The molecule has 6 heteroatoms. The van der Waals surface area contributed by atoms with Gasteiger partial charge in [0, 0.05) is 18.3 Å². The van der Waals surface area contributed by atoms with Crippen LogP contribution in [0.5, 0.6) is 5.75 Å². The predicted octanol–water partition coefficient (Wildman–Crippen LogP) is 4.37. The number of amides is 1. The molecule has 3 aromatic carbocycles. The van der Waals surface area contributed by atoms with E-state index in [9.17, 15) is 10.1 Å². The number of nitrogens with one attached hydrogen (secondary N) is 1. The van der Waals surface area contributed by atoms with Crippen LogP contribution in [-0.2, 0) is 7.05 Å². The molecule has 0 saturated heterocycles. The summed E-state index contributed by atoms with van der Waals surface area (Å²) in [6, 6.07) is 22.2. The van der Waals surface area contributed by atoms with E-state index in [1.54, 1.807) is 24.3 Å². The average Bonchev–Trinajstić information content (AvgIpc) is 3.09. The molecule has 0 atom stereocenters. The van der Waals surface area contributed by atoms with Crippen molar-refractivity contribution in [2.24, 2.45) is 7.05 Å². The van der Waals surface area contributed by atoms with Gasteiger partial charge in [0.2, 0.25) is 0 Å². The van der Waals surface area contributed by atoms with E-state index in [4.69, 9.17) is 4.74 Å². The number of aromatic nitrogens is 2. The maximum Gasteiger partial charge on any atom is 0.259 e. The number of hydrogen-bond donors (Lipinski definition) is 1. The lowest BCUT2D eigenvalue weighted by atomic mass is 10.1. The van der Waals surface area contributed by atoms with Crippen LogP contribution in [-0.4, -0.2) is 22.6 Å². The maximum absolute atomic E-state index is 12.7. The van der Waals surface area contributed by atoms with Crippen LogP contribution < -0.4 is 10.1 Å². The highest BCUT2D eigenvalue weighted by Gasteiger charge is 2.15. The van der Waals surface area contributed by atoms with Gasteiger partial charge in [-0.15, -0.1) is 0 Å². The standard InChI is InChI=1S/C23H18N4O2/c1-27-20-13-16(25-23(28)18-9-5-6-10-21(18)29-2)11-12-19(20)26-22(27)17-8-4-3-7-15(17)14-24/h3-13H,1-2H3,(H,25,28). The second-order valence-corrected chi connectivity index (χ2v) is 6.51. The van der Waals surface area contributed by atoms with E-state index in [2.05, 4.69) is 16.4 Å². The number of imidazole rings is 1. The molecule has 0 aliphatic rings. The van der Waals surface area contributed by atoms with Gasteiger partial charge in [0.15, 0.2) is 0 Å². The van der Waals surface area contributed by atoms with Gasteiger partial charge in [0.05, 0.1) is 35.3 Å². The largest absolute Gasteiger partial charge is 0.496 e. The summed E-state index contributed by atoms with van der Waals surface area (Å²) in [7, 11) is 3.43. The molecule has 0 spiro atoms. The van der Waals surface area contributed by atoms with E-state index < -0.39 is 0 Å². The third-order valence-corrected chi connectivity index (χ3v) is 4.78. The number of ether oxygens (including phenoxy) is 1. The minimum absolute atomic E-state index is 0.251. The Hall–Kier alpha value is -4.11. The summed E-state index contributed by atoms with van der Waals surface area (Å²) in [4.78, 5) is 17.4. The van der Waals surface area contributed by atoms with E-state index >= 15 is 0 Å². The lowest BCUT2D eigenvalue weighted by Crippen LogP contribution is -2.13. The number of carbonyl (C=O) groups is 1.